The predicted molar refractivity (Wildman–Crippen MR) is 97.3 cm³/mol. The van der Waals surface area contributed by atoms with E-state index in [4.69, 9.17) is 4.74 Å². The molecule has 1 fully saturated rings. The highest BCUT2D eigenvalue weighted by Crippen LogP contribution is 2.09. The molecule has 1 saturated heterocycles. The van der Waals surface area contributed by atoms with Gasteiger partial charge >= 0.3 is 6.09 Å². The van der Waals surface area contributed by atoms with E-state index in [-0.39, 0.29) is 24.3 Å². The fraction of sp³-hybridized carbons (Fsp3) is 0.526. The van der Waals surface area contributed by atoms with Gasteiger partial charge in [-0.2, -0.15) is 0 Å². The number of benzene rings is 1. The summed E-state index contributed by atoms with van der Waals surface area (Å²) in [5.41, 5.74) is 1.04. The molecule has 0 unspecified atom stereocenters. The number of hydrogen-bond acceptors (Lipinski definition) is 4. The van der Waals surface area contributed by atoms with Crippen LogP contribution in [0.1, 0.15) is 25.8 Å². The van der Waals surface area contributed by atoms with E-state index in [0.717, 1.165) is 5.56 Å². The molecule has 1 heterocycles. The summed E-state index contributed by atoms with van der Waals surface area (Å²) in [7, 11) is 0. The highest BCUT2D eigenvalue weighted by Gasteiger charge is 2.26. The minimum Gasteiger partial charge on any atom is -0.450 e. The van der Waals surface area contributed by atoms with Gasteiger partial charge in [-0.1, -0.05) is 30.3 Å². The summed E-state index contributed by atoms with van der Waals surface area (Å²) in [6.07, 6.45) is -0.490. The van der Waals surface area contributed by atoms with Crippen LogP contribution in [-0.4, -0.2) is 71.9 Å². The lowest BCUT2D eigenvalue weighted by Crippen LogP contribution is -2.51. The Morgan fingerprint density at radius 1 is 1.00 bits per heavy atom. The lowest BCUT2D eigenvalue weighted by molar-refractivity contribution is -0.141. The van der Waals surface area contributed by atoms with Crippen LogP contribution in [0.5, 0.6) is 0 Å². The van der Waals surface area contributed by atoms with Crippen molar-refractivity contribution in [1.29, 1.82) is 0 Å². The lowest BCUT2D eigenvalue weighted by Gasteiger charge is -2.34. The van der Waals surface area contributed by atoms with Crippen molar-refractivity contribution in [3.05, 3.63) is 35.9 Å². The number of nitrogens with zero attached hydrogens (tertiary/aromatic N) is 3. The standard InChI is InChI=1S/C19H27N3O4/c1-3-20(15-16-8-6-5-7-9-16)17(23)14-18(24)21-10-12-22(13-11-21)19(25)26-4-2/h5-9H,3-4,10-15H2,1-2H3. The van der Waals surface area contributed by atoms with Crippen LogP contribution in [0.3, 0.4) is 0 Å². The van der Waals surface area contributed by atoms with Gasteiger partial charge in [0.15, 0.2) is 0 Å². The topological polar surface area (TPSA) is 70.2 Å². The van der Waals surface area contributed by atoms with Crippen molar-refractivity contribution in [3.8, 4) is 0 Å². The van der Waals surface area contributed by atoms with Gasteiger partial charge in [0.25, 0.3) is 0 Å². The number of rotatable bonds is 6. The molecule has 142 valence electrons. The number of piperazine rings is 1. The van der Waals surface area contributed by atoms with Crippen LogP contribution in [0.15, 0.2) is 30.3 Å². The van der Waals surface area contributed by atoms with Gasteiger partial charge < -0.3 is 19.4 Å². The molecule has 0 radical (unpaired) electrons. The van der Waals surface area contributed by atoms with E-state index in [1.54, 1.807) is 21.6 Å². The lowest BCUT2D eigenvalue weighted by atomic mass is 10.2. The van der Waals surface area contributed by atoms with Crippen molar-refractivity contribution < 1.29 is 19.1 Å². The minimum absolute atomic E-state index is 0.139. The summed E-state index contributed by atoms with van der Waals surface area (Å²) in [5, 5.41) is 0. The van der Waals surface area contributed by atoms with E-state index in [0.29, 0.717) is 45.9 Å². The molecule has 2 rings (SSSR count). The molecule has 1 aromatic carbocycles. The second kappa shape index (κ2) is 9.79. The summed E-state index contributed by atoms with van der Waals surface area (Å²) in [6.45, 7) is 6.77. The van der Waals surface area contributed by atoms with Gasteiger partial charge in [0.1, 0.15) is 6.42 Å². The second-order valence-electron chi connectivity index (χ2n) is 6.14. The summed E-state index contributed by atoms with van der Waals surface area (Å²) in [6, 6.07) is 9.73. The Morgan fingerprint density at radius 3 is 2.19 bits per heavy atom. The van der Waals surface area contributed by atoms with Crippen LogP contribution in [0.2, 0.25) is 0 Å². The zero-order chi connectivity index (χ0) is 18.9. The van der Waals surface area contributed by atoms with Crippen molar-refractivity contribution >= 4 is 17.9 Å². The second-order valence-corrected chi connectivity index (χ2v) is 6.14. The van der Waals surface area contributed by atoms with Gasteiger partial charge in [-0.05, 0) is 19.4 Å². The first-order valence-corrected chi connectivity index (χ1v) is 9.06. The Balaban J connectivity index is 1.83. The summed E-state index contributed by atoms with van der Waals surface area (Å²) in [4.78, 5) is 41.5. The van der Waals surface area contributed by atoms with E-state index in [1.807, 2.05) is 37.3 Å². The molecular formula is C19H27N3O4. The van der Waals surface area contributed by atoms with Crippen LogP contribution < -0.4 is 0 Å². The van der Waals surface area contributed by atoms with Crippen LogP contribution >= 0.6 is 0 Å². The zero-order valence-electron chi connectivity index (χ0n) is 15.5. The highest BCUT2D eigenvalue weighted by molar-refractivity contribution is 5.97. The molecule has 1 aliphatic heterocycles. The van der Waals surface area contributed by atoms with E-state index in [1.165, 1.54) is 0 Å². The molecular weight excluding hydrogens is 334 g/mol. The summed E-state index contributed by atoms with van der Waals surface area (Å²) < 4.78 is 4.97. The van der Waals surface area contributed by atoms with E-state index < -0.39 is 0 Å². The van der Waals surface area contributed by atoms with Crippen molar-refractivity contribution in [1.82, 2.24) is 14.7 Å². The van der Waals surface area contributed by atoms with E-state index in [9.17, 15) is 14.4 Å². The maximum atomic E-state index is 12.5. The smallest absolute Gasteiger partial charge is 0.409 e. The molecule has 0 N–H and O–H groups in total. The van der Waals surface area contributed by atoms with Crippen LogP contribution in [0, 0.1) is 0 Å². The minimum atomic E-state index is -0.351. The summed E-state index contributed by atoms with van der Waals surface area (Å²) >= 11 is 0. The molecule has 7 nitrogen and oxygen atoms in total. The van der Waals surface area contributed by atoms with Crippen molar-refractivity contribution in [2.24, 2.45) is 0 Å². The molecule has 1 aromatic rings. The van der Waals surface area contributed by atoms with Crippen molar-refractivity contribution in [2.45, 2.75) is 26.8 Å². The number of carbonyl (C=O) groups is 3. The molecule has 0 aliphatic carbocycles. The van der Waals surface area contributed by atoms with Gasteiger partial charge in [0.2, 0.25) is 11.8 Å². The molecule has 0 saturated carbocycles. The fourth-order valence-electron chi connectivity index (χ4n) is 2.89. The Kier molecular flexibility index (Phi) is 7.44. The molecule has 0 atom stereocenters. The van der Waals surface area contributed by atoms with Crippen LogP contribution in [-0.2, 0) is 20.9 Å². The third-order valence-electron chi connectivity index (χ3n) is 4.41. The Labute approximate surface area is 154 Å². The Hall–Kier alpha value is -2.57. The third-order valence-corrected chi connectivity index (χ3v) is 4.41. The first-order chi connectivity index (χ1) is 12.5. The quantitative estimate of drug-likeness (QED) is 0.724. The maximum absolute atomic E-state index is 12.5. The van der Waals surface area contributed by atoms with E-state index in [2.05, 4.69) is 0 Å². The van der Waals surface area contributed by atoms with E-state index >= 15 is 0 Å². The molecule has 0 bridgehead atoms. The maximum Gasteiger partial charge on any atom is 0.409 e. The molecule has 7 heteroatoms. The highest BCUT2D eigenvalue weighted by atomic mass is 16.6. The number of hydrogen-bond donors (Lipinski definition) is 0. The first kappa shape index (κ1) is 19.8. The average Bonchev–Trinajstić information content (AvgIpc) is 2.67. The molecule has 1 aliphatic rings. The van der Waals surface area contributed by atoms with Gasteiger partial charge in [0, 0.05) is 39.3 Å². The van der Waals surface area contributed by atoms with Crippen molar-refractivity contribution in [2.75, 3.05) is 39.3 Å². The van der Waals surface area contributed by atoms with Gasteiger partial charge in [0.05, 0.1) is 6.61 Å². The Morgan fingerprint density at radius 2 is 1.62 bits per heavy atom. The number of amides is 3. The normalized spacial score (nSPS) is 14.1. The van der Waals surface area contributed by atoms with Gasteiger partial charge in [-0.3, -0.25) is 9.59 Å². The Bertz CT molecular complexity index is 612. The predicted octanol–water partition coefficient (Wildman–Crippen LogP) is 1.73. The van der Waals surface area contributed by atoms with Crippen LogP contribution in [0.25, 0.3) is 0 Å². The SMILES string of the molecule is CCOC(=O)N1CCN(C(=O)CC(=O)N(CC)Cc2ccccc2)CC1. The number of carbonyl (C=O) groups excluding carboxylic acids is 3. The summed E-state index contributed by atoms with van der Waals surface area (Å²) in [5.74, 6) is -0.362. The largest absolute Gasteiger partial charge is 0.450 e. The van der Waals surface area contributed by atoms with Gasteiger partial charge in [-0.25, -0.2) is 4.79 Å². The molecule has 0 aromatic heterocycles. The first-order valence-electron chi connectivity index (χ1n) is 9.06. The molecule has 3 amide bonds. The number of ether oxygens (including phenoxy) is 1. The van der Waals surface area contributed by atoms with Gasteiger partial charge in [-0.15, -0.1) is 0 Å². The third kappa shape index (κ3) is 5.47. The average molecular weight is 361 g/mol. The molecule has 26 heavy (non-hydrogen) atoms. The van der Waals surface area contributed by atoms with Crippen molar-refractivity contribution in [3.63, 3.8) is 0 Å². The zero-order valence-corrected chi connectivity index (χ0v) is 15.5. The fourth-order valence-corrected chi connectivity index (χ4v) is 2.89. The van der Waals surface area contributed by atoms with Crippen LogP contribution in [0.4, 0.5) is 4.79 Å². The monoisotopic (exact) mass is 361 g/mol. The molecule has 0 spiro atoms.